The predicted molar refractivity (Wildman–Crippen MR) is 87.8 cm³/mol. The molecule has 0 saturated heterocycles. The van der Waals surface area contributed by atoms with Crippen LogP contribution in [0.3, 0.4) is 0 Å². The number of benzene rings is 1. The molecule has 2 N–H and O–H groups in total. The number of sulfonamides is 1. The van der Waals surface area contributed by atoms with E-state index in [1.165, 1.54) is 0 Å². The minimum atomic E-state index is -3.48. The number of nitrogens with one attached hydrogen (secondary N) is 2. The van der Waals surface area contributed by atoms with Gasteiger partial charge in [0.05, 0.1) is 4.90 Å². The Morgan fingerprint density at radius 3 is 2.67 bits per heavy atom. The van der Waals surface area contributed by atoms with Crippen molar-refractivity contribution in [3.63, 3.8) is 0 Å². The smallest absolute Gasteiger partial charge is 0.241 e. The summed E-state index contributed by atoms with van der Waals surface area (Å²) in [6, 6.07) is 5.35. The van der Waals surface area contributed by atoms with Gasteiger partial charge >= 0.3 is 0 Å². The maximum Gasteiger partial charge on any atom is 0.241 e. The zero-order valence-electron chi connectivity index (χ0n) is 12.5. The molecule has 0 aromatic heterocycles. The van der Waals surface area contributed by atoms with Crippen molar-refractivity contribution in [3.05, 3.63) is 28.2 Å². The third kappa shape index (κ3) is 6.44. The highest BCUT2D eigenvalue weighted by atomic mass is 79.9. The van der Waals surface area contributed by atoms with Gasteiger partial charge in [0.25, 0.3) is 0 Å². The van der Waals surface area contributed by atoms with Gasteiger partial charge in [0.1, 0.15) is 0 Å². The maximum absolute atomic E-state index is 12.3. The van der Waals surface area contributed by atoms with Gasteiger partial charge in [0, 0.05) is 31.3 Å². The molecule has 0 fully saturated rings. The van der Waals surface area contributed by atoms with Crippen molar-refractivity contribution in [2.75, 3.05) is 27.3 Å². The molecule has 0 aliphatic rings. The molecule has 5 nitrogen and oxygen atoms in total. The summed E-state index contributed by atoms with van der Waals surface area (Å²) < 4.78 is 32.8. The normalized spacial score (nSPS) is 11.8. The zero-order chi connectivity index (χ0) is 15.7. The first-order valence-electron chi connectivity index (χ1n) is 6.93. The van der Waals surface area contributed by atoms with Crippen LogP contribution in [0.15, 0.2) is 27.6 Å². The standard InChI is InChI=1S/C14H23BrN2O3S/c1-16-11-12-6-7-13(15)14(10-12)21(18,19)17-8-4-3-5-9-20-2/h6-7,10,16-17H,3-5,8-9,11H2,1-2H3. The van der Waals surface area contributed by atoms with E-state index in [4.69, 9.17) is 4.74 Å². The highest BCUT2D eigenvalue weighted by Gasteiger charge is 2.17. The Hall–Kier alpha value is -0.470. The van der Waals surface area contributed by atoms with Crippen LogP contribution in [0.4, 0.5) is 0 Å². The summed E-state index contributed by atoms with van der Waals surface area (Å²) in [4.78, 5) is 0.284. The molecule has 0 aliphatic carbocycles. The quantitative estimate of drug-likeness (QED) is 0.612. The van der Waals surface area contributed by atoms with E-state index in [2.05, 4.69) is 26.0 Å². The highest BCUT2D eigenvalue weighted by Crippen LogP contribution is 2.23. The number of methoxy groups -OCH3 is 1. The first-order valence-corrected chi connectivity index (χ1v) is 9.20. The minimum Gasteiger partial charge on any atom is -0.385 e. The van der Waals surface area contributed by atoms with Gasteiger partial charge in [-0.2, -0.15) is 0 Å². The molecule has 21 heavy (non-hydrogen) atoms. The molecule has 0 amide bonds. The molecule has 0 bridgehead atoms. The number of halogens is 1. The lowest BCUT2D eigenvalue weighted by Crippen LogP contribution is -2.25. The van der Waals surface area contributed by atoms with Crippen LogP contribution in [0.1, 0.15) is 24.8 Å². The fourth-order valence-electron chi connectivity index (χ4n) is 1.90. The molecule has 0 spiro atoms. The second-order valence-electron chi connectivity index (χ2n) is 4.75. The minimum absolute atomic E-state index is 0.284. The van der Waals surface area contributed by atoms with Crippen LogP contribution in [0.5, 0.6) is 0 Å². The summed E-state index contributed by atoms with van der Waals surface area (Å²) >= 11 is 3.30. The summed E-state index contributed by atoms with van der Waals surface area (Å²) in [5, 5.41) is 3.01. The fourth-order valence-corrected chi connectivity index (χ4v) is 3.99. The van der Waals surface area contributed by atoms with Gasteiger partial charge in [-0.25, -0.2) is 13.1 Å². The van der Waals surface area contributed by atoms with E-state index >= 15 is 0 Å². The zero-order valence-corrected chi connectivity index (χ0v) is 14.9. The summed E-state index contributed by atoms with van der Waals surface area (Å²) in [5.74, 6) is 0. The molecule has 0 heterocycles. The second-order valence-corrected chi connectivity index (χ2v) is 7.34. The lowest BCUT2D eigenvalue weighted by molar-refractivity contribution is 0.192. The Balaban J connectivity index is 2.63. The van der Waals surface area contributed by atoms with Crippen molar-refractivity contribution in [3.8, 4) is 0 Å². The fraction of sp³-hybridized carbons (Fsp3) is 0.571. The Morgan fingerprint density at radius 1 is 1.24 bits per heavy atom. The number of hydrogen-bond donors (Lipinski definition) is 2. The van der Waals surface area contributed by atoms with E-state index in [1.807, 2.05) is 13.1 Å². The van der Waals surface area contributed by atoms with E-state index < -0.39 is 10.0 Å². The first kappa shape index (κ1) is 18.6. The maximum atomic E-state index is 12.3. The van der Waals surface area contributed by atoms with Crippen LogP contribution in [0.25, 0.3) is 0 Å². The number of unbranched alkanes of at least 4 members (excludes halogenated alkanes) is 2. The molecular weight excluding hydrogens is 356 g/mol. The van der Waals surface area contributed by atoms with Crippen LogP contribution in [0, 0.1) is 0 Å². The van der Waals surface area contributed by atoms with Crippen molar-refractivity contribution in [2.45, 2.75) is 30.7 Å². The van der Waals surface area contributed by atoms with Crippen molar-refractivity contribution in [1.29, 1.82) is 0 Å². The van der Waals surface area contributed by atoms with Crippen molar-refractivity contribution < 1.29 is 13.2 Å². The Morgan fingerprint density at radius 2 is 2.00 bits per heavy atom. The molecule has 0 saturated carbocycles. The molecule has 0 unspecified atom stereocenters. The summed E-state index contributed by atoms with van der Waals surface area (Å²) in [5.41, 5.74) is 0.932. The molecule has 1 aromatic carbocycles. The molecule has 1 rings (SSSR count). The summed E-state index contributed by atoms with van der Waals surface area (Å²) in [6.07, 6.45) is 2.69. The van der Waals surface area contributed by atoms with Gasteiger partial charge in [0.15, 0.2) is 0 Å². The lowest BCUT2D eigenvalue weighted by Gasteiger charge is -2.10. The van der Waals surface area contributed by atoms with E-state index in [0.717, 1.165) is 24.8 Å². The van der Waals surface area contributed by atoms with Gasteiger partial charge in [-0.3, -0.25) is 0 Å². The van der Waals surface area contributed by atoms with E-state index in [-0.39, 0.29) is 4.90 Å². The molecular formula is C14H23BrN2O3S. The molecule has 0 atom stereocenters. The Labute approximate surface area is 135 Å². The van der Waals surface area contributed by atoms with Crippen LogP contribution >= 0.6 is 15.9 Å². The van der Waals surface area contributed by atoms with Gasteiger partial charge in [-0.15, -0.1) is 0 Å². The van der Waals surface area contributed by atoms with Crippen molar-refractivity contribution in [2.24, 2.45) is 0 Å². The van der Waals surface area contributed by atoms with Crippen LogP contribution in [-0.4, -0.2) is 35.7 Å². The van der Waals surface area contributed by atoms with Gasteiger partial charge in [-0.05, 0) is 59.9 Å². The largest absolute Gasteiger partial charge is 0.385 e. The summed E-state index contributed by atoms with van der Waals surface area (Å²) in [7, 11) is 0.0125. The Bertz CT molecular complexity index is 535. The molecule has 1 aromatic rings. The van der Waals surface area contributed by atoms with Gasteiger partial charge < -0.3 is 10.1 Å². The van der Waals surface area contributed by atoms with Gasteiger partial charge in [-0.1, -0.05) is 6.07 Å². The highest BCUT2D eigenvalue weighted by molar-refractivity contribution is 9.10. The van der Waals surface area contributed by atoms with Crippen molar-refractivity contribution in [1.82, 2.24) is 10.0 Å². The van der Waals surface area contributed by atoms with Crippen LogP contribution in [0.2, 0.25) is 0 Å². The van der Waals surface area contributed by atoms with Crippen LogP contribution < -0.4 is 10.0 Å². The number of hydrogen-bond acceptors (Lipinski definition) is 4. The SMILES string of the molecule is CNCc1ccc(Br)c(S(=O)(=O)NCCCCCOC)c1. The van der Waals surface area contributed by atoms with E-state index in [9.17, 15) is 8.42 Å². The predicted octanol–water partition coefficient (Wildman–Crippen LogP) is 2.26. The third-order valence-electron chi connectivity index (χ3n) is 2.98. The average molecular weight is 379 g/mol. The number of ether oxygens (including phenoxy) is 1. The lowest BCUT2D eigenvalue weighted by atomic mass is 10.2. The number of rotatable bonds is 10. The molecule has 0 radical (unpaired) electrons. The topological polar surface area (TPSA) is 67.4 Å². The molecule has 120 valence electrons. The first-order chi connectivity index (χ1) is 10.0. The third-order valence-corrected chi connectivity index (χ3v) is 5.44. The van der Waals surface area contributed by atoms with Crippen molar-refractivity contribution >= 4 is 26.0 Å². The monoisotopic (exact) mass is 378 g/mol. The van der Waals surface area contributed by atoms with Gasteiger partial charge in [0.2, 0.25) is 10.0 Å². The average Bonchev–Trinajstić information content (AvgIpc) is 2.45. The van der Waals surface area contributed by atoms with E-state index in [0.29, 0.717) is 24.2 Å². The van der Waals surface area contributed by atoms with Crippen LogP contribution in [-0.2, 0) is 21.3 Å². The Kier molecular flexibility index (Phi) is 8.43. The molecule has 7 heteroatoms. The summed E-state index contributed by atoms with van der Waals surface area (Å²) in [6.45, 7) is 1.78. The second kappa shape index (κ2) is 9.53. The van der Waals surface area contributed by atoms with E-state index in [1.54, 1.807) is 19.2 Å². The molecule has 0 aliphatic heterocycles.